The van der Waals surface area contributed by atoms with Gasteiger partial charge in [-0.2, -0.15) is 0 Å². The Balaban J connectivity index is 2.22. The van der Waals surface area contributed by atoms with E-state index in [1.165, 1.54) is 17.7 Å². The highest BCUT2D eigenvalue weighted by molar-refractivity contribution is 6.28. The van der Waals surface area contributed by atoms with E-state index in [1.807, 2.05) is 30.3 Å². The third kappa shape index (κ3) is 2.48. The summed E-state index contributed by atoms with van der Waals surface area (Å²) in [5.74, 6) is 0.553. The number of aromatic nitrogens is 3. The van der Waals surface area contributed by atoms with Crippen LogP contribution in [0.2, 0.25) is 5.28 Å². The summed E-state index contributed by atoms with van der Waals surface area (Å²) in [6, 6.07) is 13.7. The molecule has 0 aliphatic carbocycles. The summed E-state index contributed by atoms with van der Waals surface area (Å²) in [6.45, 7) is 0. The van der Waals surface area contributed by atoms with Gasteiger partial charge in [-0.1, -0.05) is 30.3 Å². The molecule has 0 aliphatic heterocycles. The van der Waals surface area contributed by atoms with E-state index in [0.29, 0.717) is 11.6 Å². The number of halogens is 2. The molecule has 2 aromatic carbocycles. The van der Waals surface area contributed by atoms with Gasteiger partial charge in [-0.3, -0.25) is 4.57 Å². The van der Waals surface area contributed by atoms with E-state index in [-0.39, 0.29) is 11.0 Å². The van der Waals surface area contributed by atoms with Crippen LogP contribution in [0.1, 0.15) is 0 Å². The molecule has 0 atom stereocenters. The van der Waals surface area contributed by atoms with E-state index in [2.05, 4.69) is 10.2 Å². The Hall–Kier alpha value is -2.40. The first-order chi connectivity index (χ1) is 10.2. The predicted octanol–water partition coefficient (Wildman–Crippen LogP) is 3.74. The molecule has 3 aromatic rings. The van der Waals surface area contributed by atoms with Crippen molar-refractivity contribution in [3.05, 3.63) is 59.6 Å². The van der Waals surface area contributed by atoms with Gasteiger partial charge in [0.15, 0.2) is 5.82 Å². The van der Waals surface area contributed by atoms with Gasteiger partial charge in [0.2, 0.25) is 5.28 Å². The first kappa shape index (κ1) is 13.6. The Kier molecular flexibility index (Phi) is 3.58. The summed E-state index contributed by atoms with van der Waals surface area (Å²) in [7, 11) is 1.52. The summed E-state index contributed by atoms with van der Waals surface area (Å²) in [5.41, 5.74) is 1.03. The lowest BCUT2D eigenvalue weighted by Gasteiger charge is -2.10. The molecule has 1 heterocycles. The highest BCUT2D eigenvalue weighted by Crippen LogP contribution is 2.28. The molecule has 4 nitrogen and oxygen atoms in total. The van der Waals surface area contributed by atoms with Crippen LogP contribution in [-0.4, -0.2) is 21.9 Å². The molecule has 1 aromatic heterocycles. The summed E-state index contributed by atoms with van der Waals surface area (Å²) < 4.78 is 20.7. The zero-order chi connectivity index (χ0) is 14.8. The second-order valence-electron chi connectivity index (χ2n) is 4.31. The van der Waals surface area contributed by atoms with Crippen molar-refractivity contribution >= 4 is 11.6 Å². The van der Waals surface area contributed by atoms with Gasteiger partial charge in [-0.15, -0.1) is 10.2 Å². The first-order valence-electron chi connectivity index (χ1n) is 6.21. The number of nitrogens with zero attached hydrogens (tertiary/aromatic N) is 3. The molecule has 0 unspecified atom stereocenters. The molecule has 106 valence electrons. The van der Waals surface area contributed by atoms with Crippen LogP contribution in [0.15, 0.2) is 48.5 Å². The standard InChI is InChI=1S/C15H11ClFN3O/c1-21-11-7-8-12(17)13(9-11)20-14(18-19-15(20)16)10-5-3-2-4-6-10/h2-9H,1H3. The maximum Gasteiger partial charge on any atom is 0.230 e. The summed E-state index contributed by atoms with van der Waals surface area (Å²) in [6.07, 6.45) is 0. The average Bonchev–Trinajstić information content (AvgIpc) is 2.90. The lowest BCUT2D eigenvalue weighted by atomic mass is 10.2. The van der Waals surface area contributed by atoms with Gasteiger partial charge in [0.05, 0.1) is 12.8 Å². The Labute approximate surface area is 125 Å². The number of hydrogen-bond donors (Lipinski definition) is 0. The van der Waals surface area contributed by atoms with Crippen LogP contribution in [-0.2, 0) is 0 Å². The van der Waals surface area contributed by atoms with E-state index in [9.17, 15) is 4.39 Å². The summed E-state index contributed by atoms with van der Waals surface area (Å²) >= 11 is 6.08. The molecular formula is C15H11ClFN3O. The second kappa shape index (κ2) is 5.54. The molecule has 0 fully saturated rings. The fourth-order valence-electron chi connectivity index (χ4n) is 2.04. The largest absolute Gasteiger partial charge is 0.497 e. The van der Waals surface area contributed by atoms with Crippen molar-refractivity contribution in [1.82, 2.24) is 14.8 Å². The van der Waals surface area contributed by atoms with Crippen LogP contribution >= 0.6 is 11.6 Å². The Morgan fingerprint density at radius 3 is 2.57 bits per heavy atom. The van der Waals surface area contributed by atoms with Crippen LogP contribution in [0.25, 0.3) is 17.1 Å². The van der Waals surface area contributed by atoms with E-state index >= 15 is 0 Å². The second-order valence-corrected chi connectivity index (χ2v) is 4.65. The third-order valence-electron chi connectivity index (χ3n) is 3.05. The van der Waals surface area contributed by atoms with Gasteiger partial charge < -0.3 is 4.74 Å². The number of benzene rings is 2. The molecule has 0 aliphatic rings. The predicted molar refractivity (Wildman–Crippen MR) is 78.3 cm³/mol. The van der Waals surface area contributed by atoms with Crippen LogP contribution in [0.3, 0.4) is 0 Å². The Morgan fingerprint density at radius 1 is 1.10 bits per heavy atom. The molecule has 21 heavy (non-hydrogen) atoms. The molecule has 3 rings (SSSR count). The number of rotatable bonds is 3. The minimum atomic E-state index is -0.435. The molecule has 0 bridgehead atoms. The summed E-state index contributed by atoms with van der Waals surface area (Å²) in [4.78, 5) is 0. The fourth-order valence-corrected chi connectivity index (χ4v) is 2.25. The van der Waals surface area contributed by atoms with Crippen LogP contribution < -0.4 is 4.74 Å². The third-order valence-corrected chi connectivity index (χ3v) is 3.29. The fraction of sp³-hybridized carbons (Fsp3) is 0.0667. The molecule has 0 saturated heterocycles. The highest BCUT2D eigenvalue weighted by Gasteiger charge is 2.17. The lowest BCUT2D eigenvalue weighted by Crippen LogP contribution is -2.01. The Bertz CT molecular complexity index is 774. The summed E-state index contributed by atoms with van der Waals surface area (Å²) in [5, 5.41) is 7.95. The smallest absolute Gasteiger partial charge is 0.230 e. The monoisotopic (exact) mass is 303 g/mol. The molecule has 0 saturated carbocycles. The molecule has 0 radical (unpaired) electrons. The molecule has 0 spiro atoms. The first-order valence-corrected chi connectivity index (χ1v) is 6.59. The maximum atomic E-state index is 14.2. The lowest BCUT2D eigenvalue weighted by molar-refractivity contribution is 0.413. The van der Waals surface area contributed by atoms with E-state index in [1.54, 1.807) is 12.1 Å². The van der Waals surface area contributed by atoms with Crippen molar-refractivity contribution in [1.29, 1.82) is 0 Å². The maximum absolute atomic E-state index is 14.2. The average molecular weight is 304 g/mol. The van der Waals surface area contributed by atoms with Crippen molar-refractivity contribution < 1.29 is 9.13 Å². The minimum Gasteiger partial charge on any atom is -0.497 e. The molecular weight excluding hydrogens is 293 g/mol. The number of ether oxygens (including phenoxy) is 1. The normalized spacial score (nSPS) is 10.6. The molecule has 6 heteroatoms. The van der Waals surface area contributed by atoms with Crippen molar-refractivity contribution in [3.63, 3.8) is 0 Å². The van der Waals surface area contributed by atoms with Gasteiger partial charge >= 0.3 is 0 Å². The van der Waals surface area contributed by atoms with Gasteiger partial charge in [0.25, 0.3) is 0 Å². The number of hydrogen-bond acceptors (Lipinski definition) is 3. The van der Waals surface area contributed by atoms with E-state index < -0.39 is 5.82 Å². The molecule has 0 amide bonds. The van der Waals surface area contributed by atoms with Crippen molar-refractivity contribution in [2.75, 3.05) is 7.11 Å². The van der Waals surface area contributed by atoms with Crippen LogP contribution in [0.4, 0.5) is 4.39 Å². The van der Waals surface area contributed by atoms with Gasteiger partial charge in [0.1, 0.15) is 11.6 Å². The van der Waals surface area contributed by atoms with Crippen molar-refractivity contribution in [2.24, 2.45) is 0 Å². The van der Waals surface area contributed by atoms with Crippen molar-refractivity contribution in [2.45, 2.75) is 0 Å². The number of methoxy groups -OCH3 is 1. The van der Waals surface area contributed by atoms with Gasteiger partial charge in [0, 0.05) is 11.6 Å². The zero-order valence-corrected chi connectivity index (χ0v) is 11.9. The quantitative estimate of drug-likeness (QED) is 0.740. The molecule has 0 N–H and O–H groups in total. The highest BCUT2D eigenvalue weighted by atomic mass is 35.5. The van der Waals surface area contributed by atoms with Crippen molar-refractivity contribution in [3.8, 4) is 22.8 Å². The van der Waals surface area contributed by atoms with Crippen LogP contribution in [0, 0.1) is 5.82 Å². The Morgan fingerprint density at radius 2 is 1.86 bits per heavy atom. The van der Waals surface area contributed by atoms with Gasteiger partial charge in [-0.05, 0) is 23.7 Å². The zero-order valence-electron chi connectivity index (χ0n) is 11.1. The van der Waals surface area contributed by atoms with E-state index in [0.717, 1.165) is 5.56 Å². The topological polar surface area (TPSA) is 39.9 Å². The van der Waals surface area contributed by atoms with E-state index in [4.69, 9.17) is 16.3 Å². The van der Waals surface area contributed by atoms with Gasteiger partial charge in [-0.25, -0.2) is 4.39 Å². The minimum absolute atomic E-state index is 0.0843. The van der Waals surface area contributed by atoms with Crippen LogP contribution in [0.5, 0.6) is 5.75 Å². The SMILES string of the molecule is COc1ccc(F)c(-n2c(Cl)nnc2-c2ccccc2)c1.